The van der Waals surface area contributed by atoms with Crippen molar-refractivity contribution in [1.29, 1.82) is 0 Å². The lowest BCUT2D eigenvalue weighted by atomic mass is 9.95. The van der Waals surface area contributed by atoms with Crippen LogP contribution in [0.1, 0.15) is 38.5 Å². The smallest absolute Gasteiger partial charge is 0.236 e. The van der Waals surface area contributed by atoms with Crippen LogP contribution in [0.2, 0.25) is 0 Å². The first kappa shape index (κ1) is 14.8. The minimum Gasteiger partial charge on any atom is -0.341 e. The van der Waals surface area contributed by atoms with E-state index in [9.17, 15) is 13.2 Å². The van der Waals surface area contributed by atoms with E-state index in [1.807, 2.05) is 0 Å². The van der Waals surface area contributed by atoms with Gasteiger partial charge in [0.1, 0.15) is 0 Å². The number of sulfone groups is 1. The molecule has 0 bridgehead atoms. The second-order valence-electron chi connectivity index (χ2n) is 5.78. The summed E-state index contributed by atoms with van der Waals surface area (Å²) in [5.74, 6) is 0.344. The Labute approximate surface area is 115 Å². The largest absolute Gasteiger partial charge is 0.341 e. The van der Waals surface area contributed by atoms with E-state index in [1.54, 1.807) is 11.9 Å². The van der Waals surface area contributed by atoms with Gasteiger partial charge in [-0.2, -0.15) is 0 Å². The van der Waals surface area contributed by atoms with Crippen LogP contribution in [0.15, 0.2) is 0 Å². The van der Waals surface area contributed by atoms with Crippen molar-refractivity contribution in [3.8, 4) is 0 Å². The van der Waals surface area contributed by atoms with Crippen molar-refractivity contribution in [2.45, 2.75) is 50.6 Å². The van der Waals surface area contributed by atoms with Crippen LogP contribution in [0.25, 0.3) is 0 Å². The van der Waals surface area contributed by atoms with E-state index in [4.69, 9.17) is 0 Å². The van der Waals surface area contributed by atoms with Crippen LogP contribution in [0, 0.1) is 0 Å². The Morgan fingerprint density at radius 2 is 1.89 bits per heavy atom. The molecular formula is C13H24N2O3S. The normalized spacial score (nSPS) is 27.3. The molecule has 1 amide bonds. The van der Waals surface area contributed by atoms with Crippen molar-refractivity contribution in [3.05, 3.63) is 0 Å². The zero-order chi connectivity index (χ0) is 13.9. The number of hydrogen-bond donors (Lipinski definition) is 1. The third kappa shape index (κ3) is 4.18. The molecule has 1 heterocycles. The summed E-state index contributed by atoms with van der Waals surface area (Å²) < 4.78 is 22.8. The fraction of sp³-hybridized carbons (Fsp3) is 0.923. The topological polar surface area (TPSA) is 66.5 Å². The first-order valence-electron chi connectivity index (χ1n) is 7.17. The second-order valence-corrected chi connectivity index (χ2v) is 8.01. The molecule has 1 aliphatic carbocycles. The van der Waals surface area contributed by atoms with Crippen molar-refractivity contribution in [2.75, 3.05) is 25.1 Å². The molecule has 1 N–H and O–H groups in total. The molecule has 1 aliphatic heterocycles. The second kappa shape index (κ2) is 6.22. The maximum atomic E-state index is 12.1. The lowest BCUT2D eigenvalue weighted by molar-refractivity contribution is -0.130. The van der Waals surface area contributed by atoms with Crippen LogP contribution in [-0.4, -0.2) is 56.4 Å². The first-order valence-corrected chi connectivity index (χ1v) is 8.99. The zero-order valence-corrected chi connectivity index (χ0v) is 12.4. The molecular weight excluding hydrogens is 264 g/mol. The van der Waals surface area contributed by atoms with Gasteiger partial charge in [-0.3, -0.25) is 4.79 Å². The molecule has 1 saturated carbocycles. The van der Waals surface area contributed by atoms with E-state index in [-0.39, 0.29) is 23.5 Å². The predicted molar refractivity (Wildman–Crippen MR) is 74.7 cm³/mol. The standard InChI is InChI=1S/C13H24N2O3S/c1-15(12-7-8-19(17,18)10-12)13(16)9-14-11-5-3-2-4-6-11/h11-12,14H,2-10H2,1H3. The maximum Gasteiger partial charge on any atom is 0.236 e. The Hall–Kier alpha value is -0.620. The minimum absolute atomic E-state index is 0.00711. The molecule has 0 aromatic heterocycles. The molecule has 0 radical (unpaired) electrons. The van der Waals surface area contributed by atoms with Crippen LogP contribution in [0.5, 0.6) is 0 Å². The monoisotopic (exact) mass is 288 g/mol. The highest BCUT2D eigenvalue weighted by Crippen LogP contribution is 2.18. The quantitative estimate of drug-likeness (QED) is 0.820. The van der Waals surface area contributed by atoms with Crippen molar-refractivity contribution in [3.63, 3.8) is 0 Å². The van der Waals surface area contributed by atoms with E-state index in [0.29, 0.717) is 19.0 Å². The molecule has 1 atom stereocenters. The van der Waals surface area contributed by atoms with Gasteiger partial charge >= 0.3 is 0 Å². The van der Waals surface area contributed by atoms with Crippen LogP contribution < -0.4 is 5.32 Å². The van der Waals surface area contributed by atoms with Gasteiger partial charge in [-0.05, 0) is 19.3 Å². The molecule has 0 aromatic carbocycles. The average molecular weight is 288 g/mol. The summed E-state index contributed by atoms with van der Waals surface area (Å²) in [6, 6.07) is 0.323. The molecule has 5 nitrogen and oxygen atoms in total. The number of carbonyl (C=O) groups is 1. The Kier molecular flexibility index (Phi) is 4.84. The van der Waals surface area contributed by atoms with Gasteiger partial charge in [0.25, 0.3) is 0 Å². The van der Waals surface area contributed by atoms with E-state index < -0.39 is 9.84 Å². The number of likely N-dealkylation sites (N-methyl/N-ethyl adjacent to an activating group) is 1. The number of rotatable bonds is 4. The Morgan fingerprint density at radius 3 is 2.47 bits per heavy atom. The van der Waals surface area contributed by atoms with Crippen molar-refractivity contribution in [1.82, 2.24) is 10.2 Å². The Morgan fingerprint density at radius 1 is 1.21 bits per heavy atom. The molecule has 0 spiro atoms. The number of carbonyl (C=O) groups excluding carboxylic acids is 1. The summed E-state index contributed by atoms with van der Waals surface area (Å²) in [4.78, 5) is 13.7. The van der Waals surface area contributed by atoms with Crippen molar-refractivity contribution >= 4 is 15.7 Å². The van der Waals surface area contributed by atoms with Gasteiger partial charge in [-0.25, -0.2) is 8.42 Å². The fourth-order valence-electron chi connectivity index (χ4n) is 2.95. The highest BCUT2D eigenvalue weighted by atomic mass is 32.2. The molecule has 2 fully saturated rings. The van der Waals surface area contributed by atoms with Gasteiger partial charge in [-0.1, -0.05) is 19.3 Å². The van der Waals surface area contributed by atoms with E-state index in [2.05, 4.69) is 5.32 Å². The summed E-state index contributed by atoms with van der Waals surface area (Å²) in [6.07, 6.45) is 6.65. The van der Waals surface area contributed by atoms with Gasteiger partial charge in [0.15, 0.2) is 9.84 Å². The highest BCUT2D eigenvalue weighted by molar-refractivity contribution is 7.91. The van der Waals surface area contributed by atoms with Gasteiger partial charge in [0, 0.05) is 19.1 Å². The fourth-order valence-corrected chi connectivity index (χ4v) is 4.72. The van der Waals surface area contributed by atoms with E-state index >= 15 is 0 Å². The molecule has 110 valence electrons. The molecule has 1 saturated heterocycles. The third-order valence-corrected chi connectivity index (χ3v) is 6.05. The van der Waals surface area contributed by atoms with Crippen LogP contribution in [0.3, 0.4) is 0 Å². The van der Waals surface area contributed by atoms with E-state index in [1.165, 1.54) is 19.3 Å². The first-order chi connectivity index (χ1) is 8.98. The minimum atomic E-state index is -2.92. The number of nitrogens with zero attached hydrogens (tertiary/aromatic N) is 1. The Bertz CT molecular complexity index is 416. The Balaban J connectivity index is 1.76. The molecule has 19 heavy (non-hydrogen) atoms. The lowest BCUT2D eigenvalue weighted by Gasteiger charge is -2.26. The van der Waals surface area contributed by atoms with Crippen LogP contribution in [-0.2, 0) is 14.6 Å². The van der Waals surface area contributed by atoms with Gasteiger partial charge in [0.05, 0.1) is 18.1 Å². The average Bonchev–Trinajstić information content (AvgIpc) is 2.76. The molecule has 1 unspecified atom stereocenters. The van der Waals surface area contributed by atoms with Gasteiger partial charge in [-0.15, -0.1) is 0 Å². The number of amides is 1. The summed E-state index contributed by atoms with van der Waals surface area (Å²) in [7, 11) is -1.21. The molecule has 6 heteroatoms. The summed E-state index contributed by atoms with van der Waals surface area (Å²) in [5.41, 5.74) is 0. The zero-order valence-electron chi connectivity index (χ0n) is 11.6. The molecule has 2 aliphatic rings. The van der Waals surface area contributed by atoms with Crippen molar-refractivity contribution < 1.29 is 13.2 Å². The van der Waals surface area contributed by atoms with Crippen LogP contribution >= 0.6 is 0 Å². The van der Waals surface area contributed by atoms with Crippen molar-refractivity contribution in [2.24, 2.45) is 0 Å². The third-order valence-electron chi connectivity index (χ3n) is 4.30. The summed E-state index contributed by atoms with van der Waals surface area (Å²) in [6.45, 7) is 0.331. The summed E-state index contributed by atoms with van der Waals surface area (Å²) in [5, 5.41) is 3.31. The SMILES string of the molecule is CN(C(=O)CNC1CCCCC1)C1CCS(=O)(=O)C1. The molecule has 2 rings (SSSR count). The van der Waals surface area contributed by atoms with Gasteiger partial charge < -0.3 is 10.2 Å². The summed E-state index contributed by atoms with van der Waals surface area (Å²) >= 11 is 0. The predicted octanol–water partition coefficient (Wildman–Crippen LogP) is 0.554. The highest BCUT2D eigenvalue weighted by Gasteiger charge is 2.32. The number of nitrogens with one attached hydrogen (secondary N) is 1. The van der Waals surface area contributed by atoms with Crippen LogP contribution in [0.4, 0.5) is 0 Å². The maximum absolute atomic E-state index is 12.1. The lowest BCUT2D eigenvalue weighted by Crippen LogP contribution is -2.45. The van der Waals surface area contributed by atoms with E-state index in [0.717, 1.165) is 12.8 Å². The molecule has 0 aromatic rings. The van der Waals surface area contributed by atoms with Gasteiger partial charge in [0.2, 0.25) is 5.91 Å². The number of hydrogen-bond acceptors (Lipinski definition) is 4.